The molecule has 0 unspecified atom stereocenters. The molecular formula is C22H32N2O3. The molecule has 2 aliphatic rings. The number of benzene rings is 1. The first kappa shape index (κ1) is 19.7. The highest BCUT2D eigenvalue weighted by molar-refractivity contribution is 5.79. The Labute approximate surface area is 162 Å². The van der Waals surface area contributed by atoms with Gasteiger partial charge in [-0.2, -0.15) is 0 Å². The quantitative estimate of drug-likeness (QED) is 0.794. The lowest BCUT2D eigenvalue weighted by Gasteiger charge is -2.40. The van der Waals surface area contributed by atoms with E-state index in [1.165, 1.54) is 5.69 Å². The molecule has 27 heavy (non-hydrogen) atoms. The van der Waals surface area contributed by atoms with E-state index < -0.39 is 5.97 Å². The Hall–Kier alpha value is -2.04. The van der Waals surface area contributed by atoms with Crippen LogP contribution in [-0.4, -0.2) is 48.6 Å². The fraction of sp³-hybridized carbons (Fsp3) is 0.636. The summed E-state index contributed by atoms with van der Waals surface area (Å²) in [6.45, 7) is 2.31. The molecule has 1 N–H and O–H groups in total. The molecule has 5 heteroatoms. The van der Waals surface area contributed by atoms with Crippen molar-refractivity contribution in [1.82, 2.24) is 4.90 Å². The average Bonchev–Trinajstić information content (AvgIpc) is 3.21. The third-order valence-electron chi connectivity index (χ3n) is 6.38. The Morgan fingerprint density at radius 3 is 2.48 bits per heavy atom. The van der Waals surface area contributed by atoms with Gasteiger partial charge in [0.1, 0.15) is 0 Å². The van der Waals surface area contributed by atoms with Crippen LogP contribution >= 0.6 is 0 Å². The topological polar surface area (TPSA) is 60.9 Å². The Balaban J connectivity index is 1.61. The predicted molar refractivity (Wildman–Crippen MR) is 107 cm³/mol. The van der Waals surface area contributed by atoms with Crippen molar-refractivity contribution < 1.29 is 14.7 Å². The zero-order valence-corrected chi connectivity index (χ0v) is 16.3. The van der Waals surface area contributed by atoms with Crippen molar-refractivity contribution in [2.45, 2.75) is 44.9 Å². The summed E-state index contributed by atoms with van der Waals surface area (Å²) in [5, 5.41) is 9.30. The van der Waals surface area contributed by atoms with Gasteiger partial charge in [-0.25, -0.2) is 0 Å². The molecule has 0 aromatic heterocycles. The van der Waals surface area contributed by atoms with Crippen LogP contribution < -0.4 is 4.90 Å². The Kier molecular flexibility index (Phi) is 6.75. The van der Waals surface area contributed by atoms with Crippen LogP contribution in [0.5, 0.6) is 0 Å². The Bertz CT molecular complexity index is 628. The molecule has 1 amide bonds. The maximum atomic E-state index is 12.8. The first-order valence-electron chi connectivity index (χ1n) is 10.3. The van der Waals surface area contributed by atoms with Crippen LogP contribution in [0.1, 0.15) is 44.9 Å². The SMILES string of the molecule is CN(CC[C@@H]1CN(C(=O)C2CCCC2)CC[C@H]1CC(=O)O)c1ccccc1. The zero-order valence-electron chi connectivity index (χ0n) is 16.3. The zero-order chi connectivity index (χ0) is 19.2. The van der Waals surface area contributed by atoms with E-state index in [-0.39, 0.29) is 24.2 Å². The molecule has 5 nitrogen and oxygen atoms in total. The number of carbonyl (C=O) groups excluding carboxylic acids is 1. The van der Waals surface area contributed by atoms with Gasteiger partial charge >= 0.3 is 5.97 Å². The molecule has 3 rings (SSSR count). The molecule has 0 spiro atoms. The van der Waals surface area contributed by atoms with E-state index in [0.29, 0.717) is 5.91 Å². The fourth-order valence-corrected chi connectivity index (χ4v) is 4.70. The van der Waals surface area contributed by atoms with Crippen LogP contribution in [0.25, 0.3) is 0 Å². The number of carboxylic acid groups (broad SMARTS) is 1. The summed E-state index contributed by atoms with van der Waals surface area (Å²) in [5.41, 5.74) is 1.17. The van der Waals surface area contributed by atoms with E-state index in [1.54, 1.807) is 0 Å². The maximum Gasteiger partial charge on any atom is 0.303 e. The smallest absolute Gasteiger partial charge is 0.303 e. The molecular weight excluding hydrogens is 340 g/mol. The number of anilines is 1. The van der Waals surface area contributed by atoms with Crippen LogP contribution in [0.3, 0.4) is 0 Å². The van der Waals surface area contributed by atoms with Crippen molar-refractivity contribution in [2.75, 3.05) is 31.6 Å². The number of likely N-dealkylation sites (tertiary alicyclic amines) is 1. The molecule has 2 atom stereocenters. The molecule has 1 heterocycles. The second-order valence-corrected chi connectivity index (χ2v) is 8.22. The number of para-hydroxylation sites is 1. The van der Waals surface area contributed by atoms with E-state index in [2.05, 4.69) is 24.1 Å². The van der Waals surface area contributed by atoms with E-state index in [4.69, 9.17) is 0 Å². The number of aliphatic carboxylic acids is 1. The van der Waals surface area contributed by atoms with Crippen molar-refractivity contribution in [2.24, 2.45) is 17.8 Å². The van der Waals surface area contributed by atoms with Gasteiger partial charge in [-0.05, 0) is 49.7 Å². The minimum Gasteiger partial charge on any atom is -0.481 e. The molecule has 1 aromatic rings. The number of amides is 1. The van der Waals surface area contributed by atoms with E-state index in [0.717, 1.165) is 58.2 Å². The number of carboxylic acids is 1. The first-order chi connectivity index (χ1) is 13.0. The molecule has 1 aliphatic heterocycles. The molecule has 1 saturated heterocycles. The summed E-state index contributed by atoms with van der Waals surface area (Å²) in [6.07, 6.45) is 6.31. The van der Waals surface area contributed by atoms with Gasteiger partial charge in [-0.3, -0.25) is 9.59 Å². The van der Waals surface area contributed by atoms with Gasteiger partial charge in [0.15, 0.2) is 0 Å². The van der Waals surface area contributed by atoms with Gasteiger partial charge in [0, 0.05) is 44.7 Å². The lowest BCUT2D eigenvalue weighted by molar-refractivity contribution is -0.141. The summed E-state index contributed by atoms with van der Waals surface area (Å²) in [6, 6.07) is 10.2. The van der Waals surface area contributed by atoms with Crippen LogP contribution in [0.4, 0.5) is 5.69 Å². The summed E-state index contributed by atoms with van der Waals surface area (Å²) in [5.74, 6) is 0.207. The monoisotopic (exact) mass is 372 g/mol. The van der Waals surface area contributed by atoms with Crippen LogP contribution in [0.2, 0.25) is 0 Å². The van der Waals surface area contributed by atoms with E-state index in [9.17, 15) is 14.7 Å². The summed E-state index contributed by atoms with van der Waals surface area (Å²) >= 11 is 0. The third-order valence-corrected chi connectivity index (χ3v) is 6.38. The highest BCUT2D eigenvalue weighted by Gasteiger charge is 2.35. The molecule has 148 valence electrons. The third kappa shape index (κ3) is 5.24. The van der Waals surface area contributed by atoms with Crippen molar-refractivity contribution >= 4 is 17.6 Å². The maximum absolute atomic E-state index is 12.8. The fourth-order valence-electron chi connectivity index (χ4n) is 4.70. The number of carbonyl (C=O) groups is 2. The molecule has 0 bridgehead atoms. The number of hydrogen-bond donors (Lipinski definition) is 1. The normalized spacial score (nSPS) is 23.4. The van der Waals surface area contributed by atoms with Crippen molar-refractivity contribution in [3.8, 4) is 0 Å². The van der Waals surface area contributed by atoms with Crippen LogP contribution in [-0.2, 0) is 9.59 Å². The second-order valence-electron chi connectivity index (χ2n) is 8.22. The van der Waals surface area contributed by atoms with E-state index in [1.807, 2.05) is 23.1 Å². The van der Waals surface area contributed by atoms with Crippen LogP contribution in [0, 0.1) is 17.8 Å². The van der Waals surface area contributed by atoms with Crippen molar-refractivity contribution in [3.63, 3.8) is 0 Å². The van der Waals surface area contributed by atoms with E-state index >= 15 is 0 Å². The van der Waals surface area contributed by atoms with Gasteiger partial charge in [0.05, 0.1) is 0 Å². The number of nitrogens with zero attached hydrogens (tertiary/aromatic N) is 2. The summed E-state index contributed by atoms with van der Waals surface area (Å²) in [7, 11) is 2.08. The molecule has 1 aromatic carbocycles. The molecule has 1 saturated carbocycles. The van der Waals surface area contributed by atoms with Crippen molar-refractivity contribution in [3.05, 3.63) is 30.3 Å². The Morgan fingerprint density at radius 1 is 1.11 bits per heavy atom. The standard InChI is InChI=1S/C22H32N2O3/c1-23(20-9-3-2-4-10-20)13-11-19-16-24(14-12-18(19)15-21(25)26)22(27)17-7-5-6-8-17/h2-4,9-10,17-19H,5-8,11-16H2,1H3,(H,25,26)/t18-,19+/m0/s1. The van der Waals surface area contributed by atoms with Gasteiger partial charge in [-0.15, -0.1) is 0 Å². The van der Waals surface area contributed by atoms with Gasteiger partial charge in [-0.1, -0.05) is 31.0 Å². The number of piperidine rings is 1. The number of hydrogen-bond acceptors (Lipinski definition) is 3. The Morgan fingerprint density at radius 2 is 1.81 bits per heavy atom. The molecule has 2 fully saturated rings. The minimum atomic E-state index is -0.725. The lowest BCUT2D eigenvalue weighted by Crippen LogP contribution is -2.46. The largest absolute Gasteiger partial charge is 0.481 e. The summed E-state index contributed by atoms with van der Waals surface area (Å²) < 4.78 is 0. The molecule has 0 radical (unpaired) electrons. The van der Waals surface area contributed by atoms with Crippen molar-refractivity contribution in [1.29, 1.82) is 0 Å². The first-order valence-corrected chi connectivity index (χ1v) is 10.3. The number of rotatable bonds is 7. The molecule has 1 aliphatic carbocycles. The summed E-state index contributed by atoms with van der Waals surface area (Å²) in [4.78, 5) is 28.4. The van der Waals surface area contributed by atoms with Crippen LogP contribution in [0.15, 0.2) is 30.3 Å². The highest BCUT2D eigenvalue weighted by atomic mass is 16.4. The lowest BCUT2D eigenvalue weighted by atomic mass is 9.80. The minimum absolute atomic E-state index is 0.166. The van der Waals surface area contributed by atoms with Gasteiger partial charge < -0.3 is 14.9 Å². The second kappa shape index (κ2) is 9.25. The predicted octanol–water partition coefficient (Wildman–Crippen LogP) is 3.64. The van der Waals surface area contributed by atoms with Gasteiger partial charge in [0.2, 0.25) is 5.91 Å². The highest BCUT2D eigenvalue weighted by Crippen LogP contribution is 2.33. The van der Waals surface area contributed by atoms with Gasteiger partial charge in [0.25, 0.3) is 0 Å². The average molecular weight is 373 g/mol.